The molecule has 0 saturated carbocycles. The first-order chi connectivity index (χ1) is 8.03. The standard InChI is InChI=1S/C11H19NO4S/c1-2-3-4-11(13)12-5-6-16-10-8-17(14,15)7-9(10)12/h9-10H,2-8H2,1H3. The van der Waals surface area contributed by atoms with Gasteiger partial charge in [0.25, 0.3) is 0 Å². The van der Waals surface area contributed by atoms with Crippen molar-refractivity contribution in [2.24, 2.45) is 0 Å². The van der Waals surface area contributed by atoms with E-state index in [1.54, 1.807) is 4.90 Å². The van der Waals surface area contributed by atoms with Crippen LogP contribution in [0.2, 0.25) is 0 Å². The highest BCUT2D eigenvalue weighted by Crippen LogP contribution is 2.25. The summed E-state index contributed by atoms with van der Waals surface area (Å²) in [6, 6.07) is -0.252. The van der Waals surface area contributed by atoms with Gasteiger partial charge >= 0.3 is 0 Å². The molecule has 0 radical (unpaired) electrons. The highest BCUT2D eigenvalue weighted by molar-refractivity contribution is 7.91. The Hall–Kier alpha value is -0.620. The van der Waals surface area contributed by atoms with Crippen molar-refractivity contribution in [1.82, 2.24) is 4.90 Å². The average molecular weight is 261 g/mol. The van der Waals surface area contributed by atoms with Crippen molar-refractivity contribution in [3.05, 3.63) is 0 Å². The van der Waals surface area contributed by atoms with Crippen molar-refractivity contribution in [3.63, 3.8) is 0 Å². The van der Waals surface area contributed by atoms with Crippen molar-refractivity contribution in [1.29, 1.82) is 0 Å². The lowest BCUT2D eigenvalue weighted by molar-refractivity contribution is -0.142. The first-order valence-corrected chi connectivity index (χ1v) is 7.97. The highest BCUT2D eigenvalue weighted by Gasteiger charge is 2.45. The van der Waals surface area contributed by atoms with Crippen LogP contribution in [0.15, 0.2) is 0 Å². The number of hydrogen-bond donors (Lipinski definition) is 0. The number of carbonyl (C=O) groups is 1. The SMILES string of the molecule is CCCCC(=O)N1CCOC2CS(=O)(=O)CC21. The molecule has 0 aromatic rings. The summed E-state index contributed by atoms with van der Waals surface area (Å²) in [4.78, 5) is 13.7. The number of hydrogen-bond acceptors (Lipinski definition) is 4. The monoisotopic (exact) mass is 261 g/mol. The Labute approximate surface area is 102 Å². The van der Waals surface area contributed by atoms with Crippen LogP contribution in [0.4, 0.5) is 0 Å². The summed E-state index contributed by atoms with van der Waals surface area (Å²) in [6.45, 7) is 3.02. The molecular formula is C11H19NO4S. The largest absolute Gasteiger partial charge is 0.373 e. The minimum absolute atomic E-state index is 0.0647. The normalized spacial score (nSPS) is 31.2. The van der Waals surface area contributed by atoms with Gasteiger partial charge in [-0.1, -0.05) is 13.3 Å². The van der Waals surface area contributed by atoms with E-state index >= 15 is 0 Å². The van der Waals surface area contributed by atoms with Gasteiger partial charge in [-0.3, -0.25) is 4.79 Å². The van der Waals surface area contributed by atoms with Crippen molar-refractivity contribution < 1.29 is 17.9 Å². The molecule has 2 unspecified atom stereocenters. The number of fused-ring (bicyclic) bond motifs is 1. The summed E-state index contributed by atoms with van der Waals surface area (Å²) in [5, 5.41) is 0. The number of sulfone groups is 1. The van der Waals surface area contributed by atoms with Gasteiger partial charge in [-0.25, -0.2) is 8.42 Å². The van der Waals surface area contributed by atoms with E-state index in [0.29, 0.717) is 19.6 Å². The Morgan fingerprint density at radius 2 is 2.18 bits per heavy atom. The fraction of sp³-hybridized carbons (Fsp3) is 0.909. The third-order valence-electron chi connectivity index (χ3n) is 3.40. The molecule has 5 nitrogen and oxygen atoms in total. The predicted molar refractivity (Wildman–Crippen MR) is 63.4 cm³/mol. The zero-order chi connectivity index (χ0) is 12.5. The van der Waals surface area contributed by atoms with Crippen molar-refractivity contribution in [2.45, 2.75) is 38.3 Å². The van der Waals surface area contributed by atoms with Crippen LogP contribution in [-0.2, 0) is 19.4 Å². The van der Waals surface area contributed by atoms with Gasteiger partial charge in [0, 0.05) is 13.0 Å². The summed E-state index contributed by atoms with van der Waals surface area (Å²) in [5.41, 5.74) is 0. The van der Waals surface area contributed by atoms with Crippen LogP contribution >= 0.6 is 0 Å². The van der Waals surface area contributed by atoms with Gasteiger partial charge in [-0.05, 0) is 6.42 Å². The predicted octanol–water partition coefficient (Wildman–Crippen LogP) is 0.201. The topological polar surface area (TPSA) is 63.7 Å². The molecular weight excluding hydrogens is 242 g/mol. The maximum atomic E-state index is 12.0. The zero-order valence-corrected chi connectivity index (χ0v) is 10.9. The number of morpholine rings is 1. The lowest BCUT2D eigenvalue weighted by atomic mass is 10.1. The van der Waals surface area contributed by atoms with Crippen LogP contribution in [0, 0.1) is 0 Å². The second-order valence-electron chi connectivity index (χ2n) is 4.74. The molecule has 2 heterocycles. The molecule has 0 bridgehead atoms. The number of ether oxygens (including phenoxy) is 1. The van der Waals surface area contributed by atoms with E-state index in [4.69, 9.17) is 4.74 Å². The number of amides is 1. The second kappa shape index (κ2) is 4.94. The minimum Gasteiger partial charge on any atom is -0.373 e. The molecule has 0 aromatic carbocycles. The minimum atomic E-state index is -3.03. The fourth-order valence-corrected chi connectivity index (χ4v) is 4.37. The van der Waals surface area contributed by atoms with Crippen LogP contribution in [-0.4, -0.2) is 56.0 Å². The first kappa shape index (κ1) is 12.8. The molecule has 1 amide bonds. The summed E-state index contributed by atoms with van der Waals surface area (Å²) < 4.78 is 28.6. The van der Waals surface area contributed by atoms with Crippen molar-refractivity contribution in [2.75, 3.05) is 24.7 Å². The number of nitrogens with zero attached hydrogens (tertiary/aromatic N) is 1. The van der Waals surface area contributed by atoms with Crippen LogP contribution in [0.3, 0.4) is 0 Å². The lowest BCUT2D eigenvalue weighted by Gasteiger charge is -2.36. The molecule has 2 aliphatic heterocycles. The highest BCUT2D eigenvalue weighted by atomic mass is 32.2. The Morgan fingerprint density at radius 1 is 1.41 bits per heavy atom. The van der Waals surface area contributed by atoms with Crippen LogP contribution in [0.5, 0.6) is 0 Å². The Balaban J connectivity index is 2.05. The van der Waals surface area contributed by atoms with E-state index in [0.717, 1.165) is 12.8 Å². The third-order valence-corrected chi connectivity index (χ3v) is 5.09. The molecule has 2 rings (SSSR count). The zero-order valence-electron chi connectivity index (χ0n) is 10.1. The first-order valence-electron chi connectivity index (χ1n) is 6.15. The van der Waals surface area contributed by atoms with Crippen LogP contribution in [0.1, 0.15) is 26.2 Å². The number of carbonyl (C=O) groups excluding carboxylic acids is 1. The molecule has 0 spiro atoms. The smallest absolute Gasteiger partial charge is 0.223 e. The molecule has 0 aliphatic carbocycles. The molecule has 2 aliphatic rings. The van der Waals surface area contributed by atoms with Gasteiger partial charge in [0.15, 0.2) is 9.84 Å². The molecule has 2 saturated heterocycles. The van der Waals surface area contributed by atoms with Crippen LogP contribution in [0.25, 0.3) is 0 Å². The van der Waals surface area contributed by atoms with E-state index in [2.05, 4.69) is 0 Å². The van der Waals surface area contributed by atoms with E-state index in [1.165, 1.54) is 0 Å². The third kappa shape index (κ3) is 2.80. The summed E-state index contributed by atoms with van der Waals surface area (Å²) >= 11 is 0. The quantitative estimate of drug-likeness (QED) is 0.728. The molecule has 2 fully saturated rings. The van der Waals surface area contributed by atoms with Gasteiger partial charge in [0.1, 0.15) is 0 Å². The second-order valence-corrected chi connectivity index (χ2v) is 6.90. The van der Waals surface area contributed by atoms with Gasteiger partial charge in [0.05, 0.1) is 30.3 Å². The molecule has 2 atom stereocenters. The van der Waals surface area contributed by atoms with E-state index in [1.807, 2.05) is 6.92 Å². The maximum absolute atomic E-state index is 12.0. The molecule has 98 valence electrons. The summed E-state index contributed by atoms with van der Waals surface area (Å²) in [7, 11) is -3.03. The number of unbranched alkanes of at least 4 members (excludes halogenated alkanes) is 1. The van der Waals surface area contributed by atoms with E-state index in [9.17, 15) is 13.2 Å². The number of rotatable bonds is 3. The Bertz CT molecular complexity index is 392. The van der Waals surface area contributed by atoms with E-state index < -0.39 is 9.84 Å². The Kier molecular flexibility index (Phi) is 3.73. The van der Waals surface area contributed by atoms with Crippen molar-refractivity contribution >= 4 is 15.7 Å². The van der Waals surface area contributed by atoms with Gasteiger partial charge in [-0.15, -0.1) is 0 Å². The van der Waals surface area contributed by atoms with Gasteiger partial charge < -0.3 is 9.64 Å². The maximum Gasteiger partial charge on any atom is 0.223 e. The summed E-state index contributed by atoms with van der Waals surface area (Å²) in [6.07, 6.45) is 2.04. The van der Waals surface area contributed by atoms with Crippen molar-refractivity contribution in [3.8, 4) is 0 Å². The lowest BCUT2D eigenvalue weighted by Crippen LogP contribution is -2.53. The van der Waals surface area contributed by atoms with E-state index in [-0.39, 0.29) is 29.6 Å². The molecule has 0 aromatic heterocycles. The summed E-state index contributed by atoms with van der Waals surface area (Å²) in [5.74, 6) is 0.201. The van der Waals surface area contributed by atoms with Gasteiger partial charge in [0.2, 0.25) is 5.91 Å². The molecule has 17 heavy (non-hydrogen) atoms. The fourth-order valence-electron chi connectivity index (χ4n) is 2.50. The average Bonchev–Trinajstić information content (AvgIpc) is 2.59. The Morgan fingerprint density at radius 3 is 2.88 bits per heavy atom. The molecule has 6 heteroatoms. The van der Waals surface area contributed by atoms with Gasteiger partial charge in [-0.2, -0.15) is 0 Å². The molecule has 0 N–H and O–H groups in total. The van der Waals surface area contributed by atoms with Crippen LogP contribution < -0.4 is 0 Å².